The largest absolute Gasteiger partial charge is 0.487 e. The van der Waals surface area contributed by atoms with Crippen LogP contribution in [0.15, 0.2) is 24.3 Å². The third-order valence-corrected chi connectivity index (χ3v) is 2.66. The summed E-state index contributed by atoms with van der Waals surface area (Å²) in [5.41, 5.74) is 5.57. The van der Waals surface area contributed by atoms with E-state index >= 15 is 0 Å². The molecule has 1 aromatic rings. The van der Waals surface area contributed by atoms with Gasteiger partial charge in [0.2, 0.25) is 0 Å². The van der Waals surface area contributed by atoms with Crippen LogP contribution in [-0.2, 0) is 5.54 Å². The fourth-order valence-corrected chi connectivity index (χ4v) is 2.12. The lowest BCUT2D eigenvalue weighted by Gasteiger charge is -2.40. The molecule has 15 heavy (non-hydrogen) atoms. The van der Waals surface area contributed by atoms with Crippen LogP contribution in [0.4, 0.5) is 0 Å². The minimum atomic E-state index is -0.932. The number of rotatable bonds is 0. The number of hydrogen-bond donors (Lipinski definition) is 1. The predicted octanol–water partition coefficient (Wildman–Crippen LogP) is 1.93. The number of hydrogen-bond acceptors (Lipinski definition) is 3. The second-order valence-electron chi connectivity index (χ2n) is 4.62. The van der Waals surface area contributed by atoms with Crippen molar-refractivity contribution in [1.82, 2.24) is 0 Å². The van der Waals surface area contributed by atoms with Crippen molar-refractivity contribution >= 4 is 0 Å². The summed E-state index contributed by atoms with van der Waals surface area (Å²) in [5.74, 6) is 0.720. The van der Waals surface area contributed by atoms with Gasteiger partial charge in [0.1, 0.15) is 16.9 Å². The zero-order valence-electron chi connectivity index (χ0n) is 8.95. The lowest BCUT2D eigenvalue weighted by atomic mass is 9.79. The highest BCUT2D eigenvalue weighted by Crippen LogP contribution is 2.41. The van der Waals surface area contributed by atoms with Gasteiger partial charge in [-0.05, 0) is 19.9 Å². The number of nitriles is 1. The first-order valence-electron chi connectivity index (χ1n) is 4.95. The molecule has 0 saturated heterocycles. The van der Waals surface area contributed by atoms with Gasteiger partial charge >= 0.3 is 0 Å². The van der Waals surface area contributed by atoms with Crippen LogP contribution in [0.3, 0.4) is 0 Å². The second-order valence-corrected chi connectivity index (χ2v) is 4.62. The third-order valence-electron chi connectivity index (χ3n) is 2.66. The Morgan fingerprint density at radius 1 is 1.40 bits per heavy atom. The van der Waals surface area contributed by atoms with Gasteiger partial charge in [-0.2, -0.15) is 5.26 Å². The zero-order chi connectivity index (χ0) is 11.1. The van der Waals surface area contributed by atoms with Gasteiger partial charge < -0.3 is 10.5 Å². The van der Waals surface area contributed by atoms with Crippen LogP contribution in [0.1, 0.15) is 25.8 Å². The maximum absolute atomic E-state index is 9.20. The molecule has 0 aromatic heterocycles. The van der Waals surface area contributed by atoms with Gasteiger partial charge in [-0.3, -0.25) is 0 Å². The Bertz CT molecular complexity index is 433. The molecule has 2 N–H and O–H groups in total. The van der Waals surface area contributed by atoms with Gasteiger partial charge in [0.15, 0.2) is 0 Å². The summed E-state index contributed by atoms with van der Waals surface area (Å²) in [6.07, 6.45) is 0.507. The Morgan fingerprint density at radius 3 is 2.73 bits per heavy atom. The van der Waals surface area contributed by atoms with Crippen LogP contribution in [0.5, 0.6) is 5.75 Å². The number of benzene rings is 1. The quantitative estimate of drug-likeness (QED) is 0.699. The van der Waals surface area contributed by atoms with Gasteiger partial charge in [0.05, 0.1) is 6.07 Å². The average molecular weight is 202 g/mol. The van der Waals surface area contributed by atoms with Crippen LogP contribution in [0.25, 0.3) is 0 Å². The highest BCUT2D eigenvalue weighted by molar-refractivity contribution is 5.45. The fourth-order valence-electron chi connectivity index (χ4n) is 2.12. The first-order valence-corrected chi connectivity index (χ1v) is 4.95. The molecule has 0 aliphatic carbocycles. The van der Waals surface area contributed by atoms with E-state index in [2.05, 4.69) is 6.07 Å². The van der Waals surface area contributed by atoms with Crippen molar-refractivity contribution in [3.63, 3.8) is 0 Å². The molecule has 1 heterocycles. The van der Waals surface area contributed by atoms with Crippen molar-refractivity contribution in [2.75, 3.05) is 0 Å². The predicted molar refractivity (Wildman–Crippen MR) is 57.2 cm³/mol. The third kappa shape index (κ3) is 1.57. The topological polar surface area (TPSA) is 59.0 Å². The smallest absolute Gasteiger partial charge is 0.137 e. The minimum Gasteiger partial charge on any atom is -0.487 e. The monoisotopic (exact) mass is 202 g/mol. The molecule has 1 aliphatic rings. The number of para-hydroxylation sites is 1. The van der Waals surface area contributed by atoms with Crippen molar-refractivity contribution < 1.29 is 4.74 Å². The Hall–Kier alpha value is -1.53. The molecule has 1 aromatic carbocycles. The maximum Gasteiger partial charge on any atom is 0.137 e. The van der Waals surface area contributed by atoms with E-state index in [1.807, 2.05) is 38.1 Å². The van der Waals surface area contributed by atoms with Crippen LogP contribution in [-0.4, -0.2) is 5.60 Å². The Morgan fingerprint density at radius 2 is 2.07 bits per heavy atom. The minimum absolute atomic E-state index is 0.390. The summed E-state index contributed by atoms with van der Waals surface area (Å²) in [5, 5.41) is 9.20. The molecule has 0 bridgehead atoms. The Labute approximate surface area is 89.5 Å². The average Bonchev–Trinajstić information content (AvgIpc) is 2.16. The number of ether oxygens (including phenoxy) is 1. The van der Waals surface area contributed by atoms with Crippen molar-refractivity contribution in [3.05, 3.63) is 29.8 Å². The van der Waals surface area contributed by atoms with Crippen molar-refractivity contribution in [1.29, 1.82) is 5.26 Å². The molecule has 0 radical (unpaired) electrons. The SMILES string of the molecule is CC1(C)CC(N)(C#N)c2ccccc2O1. The first-order chi connectivity index (χ1) is 6.97. The van der Waals surface area contributed by atoms with E-state index in [0.29, 0.717) is 6.42 Å². The molecule has 3 heteroatoms. The second kappa shape index (κ2) is 2.98. The van der Waals surface area contributed by atoms with Gasteiger partial charge in [0, 0.05) is 12.0 Å². The maximum atomic E-state index is 9.20. The van der Waals surface area contributed by atoms with Gasteiger partial charge in [-0.1, -0.05) is 18.2 Å². The molecular formula is C12H14N2O. The molecule has 1 unspecified atom stereocenters. The molecule has 0 amide bonds. The summed E-state index contributed by atoms with van der Waals surface area (Å²) in [6, 6.07) is 9.66. The van der Waals surface area contributed by atoms with E-state index in [-0.39, 0.29) is 0 Å². The number of fused-ring (bicyclic) bond motifs is 1. The van der Waals surface area contributed by atoms with E-state index < -0.39 is 11.1 Å². The van der Waals surface area contributed by atoms with Crippen LogP contribution in [0.2, 0.25) is 0 Å². The standard InChI is InChI=1S/C12H14N2O/c1-11(2)7-12(14,8-13)9-5-3-4-6-10(9)15-11/h3-6H,7,14H2,1-2H3. The molecule has 0 spiro atoms. The number of nitrogens with two attached hydrogens (primary N) is 1. The van der Waals surface area contributed by atoms with Crippen LogP contribution < -0.4 is 10.5 Å². The molecule has 0 saturated carbocycles. The van der Waals surface area contributed by atoms with Crippen LogP contribution in [0, 0.1) is 11.3 Å². The van der Waals surface area contributed by atoms with Crippen molar-refractivity contribution in [2.24, 2.45) is 5.73 Å². The first kappa shape index (κ1) is 10.0. The summed E-state index contributed by atoms with van der Waals surface area (Å²) < 4.78 is 5.79. The molecule has 1 aliphatic heterocycles. The van der Waals surface area contributed by atoms with E-state index in [0.717, 1.165) is 11.3 Å². The normalized spacial score (nSPS) is 27.3. The molecule has 1 atom stereocenters. The summed E-state index contributed by atoms with van der Waals surface area (Å²) in [7, 11) is 0. The lowest BCUT2D eigenvalue weighted by Crippen LogP contribution is -2.48. The van der Waals surface area contributed by atoms with Crippen molar-refractivity contribution in [2.45, 2.75) is 31.4 Å². The molecule has 0 fully saturated rings. The molecule has 78 valence electrons. The van der Waals surface area contributed by atoms with Gasteiger partial charge in [-0.15, -0.1) is 0 Å². The lowest BCUT2D eigenvalue weighted by molar-refractivity contribution is 0.0590. The summed E-state index contributed by atoms with van der Waals surface area (Å²) in [4.78, 5) is 0. The van der Waals surface area contributed by atoms with E-state index in [9.17, 15) is 5.26 Å². The Kier molecular flexibility index (Phi) is 1.99. The van der Waals surface area contributed by atoms with Crippen molar-refractivity contribution in [3.8, 4) is 11.8 Å². The zero-order valence-corrected chi connectivity index (χ0v) is 8.95. The highest BCUT2D eigenvalue weighted by Gasteiger charge is 2.42. The van der Waals surface area contributed by atoms with Gasteiger partial charge in [-0.25, -0.2) is 0 Å². The highest BCUT2D eigenvalue weighted by atomic mass is 16.5. The van der Waals surface area contributed by atoms with Gasteiger partial charge in [0.25, 0.3) is 0 Å². The van der Waals surface area contributed by atoms with E-state index in [1.54, 1.807) is 0 Å². The fraction of sp³-hybridized carbons (Fsp3) is 0.417. The Balaban J connectivity index is 2.59. The molecular weight excluding hydrogens is 188 g/mol. The summed E-state index contributed by atoms with van der Waals surface area (Å²) >= 11 is 0. The molecule has 3 nitrogen and oxygen atoms in total. The summed E-state index contributed by atoms with van der Waals surface area (Å²) in [6.45, 7) is 3.89. The van der Waals surface area contributed by atoms with E-state index in [4.69, 9.17) is 10.5 Å². The van der Waals surface area contributed by atoms with Crippen LogP contribution >= 0.6 is 0 Å². The van der Waals surface area contributed by atoms with E-state index in [1.165, 1.54) is 0 Å². The molecule has 2 rings (SSSR count). The number of nitrogens with zero attached hydrogens (tertiary/aromatic N) is 1.